The van der Waals surface area contributed by atoms with E-state index < -0.39 is 0 Å². The maximum Gasteiger partial charge on any atom is 0.162 e. The van der Waals surface area contributed by atoms with Crippen LogP contribution < -0.4 is 9.47 Å². The lowest BCUT2D eigenvalue weighted by Crippen LogP contribution is -2.44. The van der Waals surface area contributed by atoms with Gasteiger partial charge in [-0.05, 0) is 38.9 Å². The molecule has 4 heteroatoms. The van der Waals surface area contributed by atoms with Gasteiger partial charge in [-0.1, -0.05) is 0 Å². The van der Waals surface area contributed by atoms with Crippen molar-refractivity contribution in [3.63, 3.8) is 0 Å². The fourth-order valence-electron chi connectivity index (χ4n) is 2.28. The molecule has 1 aromatic carbocycles. The fraction of sp³-hybridized carbons (Fsp3) is 0.533. The number of hydrogen-bond acceptors (Lipinski definition) is 4. The van der Waals surface area contributed by atoms with E-state index in [4.69, 9.17) is 14.7 Å². The van der Waals surface area contributed by atoms with E-state index in [1.54, 1.807) is 19.2 Å². The third-order valence-corrected chi connectivity index (χ3v) is 3.69. The molecule has 2 rings (SSSR count). The van der Waals surface area contributed by atoms with Gasteiger partial charge in [-0.15, -0.1) is 0 Å². The Bertz CT molecular complexity index is 485. The van der Waals surface area contributed by atoms with Crippen LogP contribution in [0.5, 0.6) is 11.5 Å². The Morgan fingerprint density at radius 3 is 2.53 bits per heavy atom. The van der Waals surface area contributed by atoms with Gasteiger partial charge in [0.05, 0.1) is 18.7 Å². The number of likely N-dealkylation sites (tertiary alicyclic amines) is 1. The summed E-state index contributed by atoms with van der Waals surface area (Å²) in [5, 5.41) is 8.90. The molecule has 4 nitrogen and oxygen atoms in total. The van der Waals surface area contributed by atoms with E-state index in [0.29, 0.717) is 17.1 Å². The zero-order chi connectivity index (χ0) is 13.9. The summed E-state index contributed by atoms with van der Waals surface area (Å²) in [6.07, 6.45) is 1.99. The molecule has 0 saturated carbocycles. The van der Waals surface area contributed by atoms with E-state index in [1.807, 2.05) is 6.07 Å². The smallest absolute Gasteiger partial charge is 0.162 e. The topological polar surface area (TPSA) is 45.5 Å². The number of rotatable bonds is 3. The number of nitrogens with zero attached hydrogens (tertiary/aromatic N) is 2. The van der Waals surface area contributed by atoms with Crippen LogP contribution >= 0.6 is 0 Å². The van der Waals surface area contributed by atoms with Crippen molar-refractivity contribution in [1.82, 2.24) is 4.90 Å². The first kappa shape index (κ1) is 13.7. The molecule has 0 bridgehead atoms. The van der Waals surface area contributed by atoms with Crippen molar-refractivity contribution in [3.05, 3.63) is 23.8 Å². The van der Waals surface area contributed by atoms with Crippen molar-refractivity contribution < 1.29 is 9.47 Å². The van der Waals surface area contributed by atoms with Gasteiger partial charge >= 0.3 is 0 Å². The summed E-state index contributed by atoms with van der Waals surface area (Å²) in [7, 11) is 3.72. The molecule has 19 heavy (non-hydrogen) atoms. The SMILES string of the molecule is COc1cc(C#N)ccc1OC1(C)CCN(C)CC1. The molecule has 1 aliphatic heterocycles. The summed E-state index contributed by atoms with van der Waals surface area (Å²) >= 11 is 0. The minimum Gasteiger partial charge on any atom is -0.493 e. The first-order valence-electron chi connectivity index (χ1n) is 6.52. The fourth-order valence-corrected chi connectivity index (χ4v) is 2.28. The number of piperidine rings is 1. The summed E-state index contributed by atoms with van der Waals surface area (Å²) < 4.78 is 11.5. The standard InChI is InChI=1S/C15H20N2O2/c1-15(6-8-17(2)9-7-15)19-13-5-4-12(11-16)10-14(13)18-3/h4-5,10H,6-9H2,1-3H3. The third kappa shape index (κ3) is 3.18. The van der Waals surface area contributed by atoms with Crippen molar-refractivity contribution in [3.8, 4) is 17.6 Å². The second-order valence-electron chi connectivity index (χ2n) is 5.33. The maximum atomic E-state index is 8.90. The molecule has 1 aromatic rings. The van der Waals surface area contributed by atoms with E-state index in [1.165, 1.54) is 0 Å². The van der Waals surface area contributed by atoms with Gasteiger partial charge in [0.2, 0.25) is 0 Å². The third-order valence-electron chi connectivity index (χ3n) is 3.69. The highest BCUT2D eigenvalue weighted by Crippen LogP contribution is 2.34. The lowest BCUT2D eigenvalue weighted by Gasteiger charge is -2.38. The minimum atomic E-state index is -0.159. The van der Waals surface area contributed by atoms with Crippen molar-refractivity contribution in [2.75, 3.05) is 27.2 Å². The largest absolute Gasteiger partial charge is 0.493 e. The molecule has 0 N–H and O–H groups in total. The second-order valence-corrected chi connectivity index (χ2v) is 5.33. The van der Waals surface area contributed by atoms with E-state index in [9.17, 15) is 0 Å². The van der Waals surface area contributed by atoms with Gasteiger partial charge in [-0.25, -0.2) is 0 Å². The Morgan fingerprint density at radius 2 is 1.95 bits per heavy atom. The number of ether oxygens (including phenoxy) is 2. The molecular formula is C15H20N2O2. The second kappa shape index (κ2) is 5.50. The van der Waals surface area contributed by atoms with Crippen LogP contribution in [0.1, 0.15) is 25.3 Å². The lowest BCUT2D eigenvalue weighted by atomic mass is 9.93. The number of benzene rings is 1. The average molecular weight is 260 g/mol. The van der Waals surface area contributed by atoms with Gasteiger partial charge in [-0.2, -0.15) is 5.26 Å². The molecular weight excluding hydrogens is 240 g/mol. The Kier molecular flexibility index (Phi) is 3.96. The Hall–Kier alpha value is -1.73. The van der Waals surface area contributed by atoms with Crippen molar-refractivity contribution in [2.45, 2.75) is 25.4 Å². The van der Waals surface area contributed by atoms with Crippen LogP contribution in [0.3, 0.4) is 0 Å². The van der Waals surface area contributed by atoms with E-state index >= 15 is 0 Å². The molecule has 0 unspecified atom stereocenters. The number of nitriles is 1. The molecule has 1 aliphatic rings. The Balaban J connectivity index is 2.17. The van der Waals surface area contributed by atoms with Gasteiger partial charge in [-0.3, -0.25) is 0 Å². The average Bonchev–Trinajstić information content (AvgIpc) is 2.43. The van der Waals surface area contributed by atoms with Crippen molar-refractivity contribution in [1.29, 1.82) is 5.26 Å². The quantitative estimate of drug-likeness (QED) is 0.837. The zero-order valence-corrected chi connectivity index (χ0v) is 11.8. The van der Waals surface area contributed by atoms with Gasteiger partial charge in [0.1, 0.15) is 5.60 Å². The van der Waals surface area contributed by atoms with Crippen LogP contribution in [-0.4, -0.2) is 37.7 Å². The van der Waals surface area contributed by atoms with E-state index in [-0.39, 0.29) is 5.60 Å². The number of methoxy groups -OCH3 is 1. The highest BCUT2D eigenvalue weighted by Gasteiger charge is 2.31. The monoisotopic (exact) mass is 260 g/mol. The molecule has 0 aromatic heterocycles. The normalized spacial score (nSPS) is 18.6. The molecule has 0 aliphatic carbocycles. The van der Waals surface area contributed by atoms with E-state index in [0.717, 1.165) is 25.9 Å². The van der Waals surface area contributed by atoms with Gasteiger partial charge in [0.25, 0.3) is 0 Å². The first-order chi connectivity index (χ1) is 9.06. The predicted octanol–water partition coefficient (Wildman–Crippen LogP) is 2.43. The Morgan fingerprint density at radius 1 is 1.26 bits per heavy atom. The number of hydrogen-bond donors (Lipinski definition) is 0. The predicted molar refractivity (Wildman–Crippen MR) is 73.5 cm³/mol. The summed E-state index contributed by atoms with van der Waals surface area (Å²) in [6, 6.07) is 7.40. The highest BCUT2D eigenvalue weighted by molar-refractivity contribution is 5.47. The summed E-state index contributed by atoms with van der Waals surface area (Å²) in [5.41, 5.74) is 0.422. The minimum absolute atomic E-state index is 0.159. The van der Waals surface area contributed by atoms with E-state index in [2.05, 4.69) is 24.9 Å². The van der Waals surface area contributed by atoms with Gasteiger partial charge in [0.15, 0.2) is 11.5 Å². The zero-order valence-electron chi connectivity index (χ0n) is 11.8. The maximum absolute atomic E-state index is 8.90. The summed E-state index contributed by atoms with van der Waals surface area (Å²) in [6.45, 7) is 4.21. The molecule has 1 heterocycles. The van der Waals surface area contributed by atoms with Crippen LogP contribution in [-0.2, 0) is 0 Å². The van der Waals surface area contributed by atoms with Crippen molar-refractivity contribution in [2.24, 2.45) is 0 Å². The Labute approximate surface area is 114 Å². The summed E-state index contributed by atoms with van der Waals surface area (Å²) in [5.74, 6) is 1.34. The van der Waals surface area contributed by atoms with Crippen LogP contribution in [0.25, 0.3) is 0 Å². The van der Waals surface area contributed by atoms with Crippen LogP contribution in [0.2, 0.25) is 0 Å². The molecule has 0 amide bonds. The van der Waals surface area contributed by atoms with Crippen molar-refractivity contribution >= 4 is 0 Å². The first-order valence-corrected chi connectivity index (χ1v) is 6.52. The molecule has 1 saturated heterocycles. The lowest BCUT2D eigenvalue weighted by molar-refractivity contribution is 0.0220. The highest BCUT2D eigenvalue weighted by atomic mass is 16.5. The van der Waals surface area contributed by atoms with Crippen LogP contribution in [0, 0.1) is 11.3 Å². The molecule has 0 atom stereocenters. The molecule has 102 valence electrons. The van der Waals surface area contributed by atoms with Gasteiger partial charge < -0.3 is 14.4 Å². The summed E-state index contributed by atoms with van der Waals surface area (Å²) in [4.78, 5) is 2.31. The molecule has 0 spiro atoms. The van der Waals surface area contributed by atoms with Gasteiger partial charge in [0, 0.05) is 19.2 Å². The molecule has 0 radical (unpaired) electrons. The van der Waals surface area contributed by atoms with Crippen LogP contribution in [0.15, 0.2) is 18.2 Å². The van der Waals surface area contributed by atoms with Crippen LogP contribution in [0.4, 0.5) is 0 Å². The molecule has 1 fully saturated rings.